The molecule has 0 saturated carbocycles. The largest absolute Gasteiger partial charge is 0.256 e. The molecule has 0 radical (unpaired) electrons. The zero-order valence-electron chi connectivity index (χ0n) is 12.4. The SMILES string of the molecule is C#CC(C)(C)N(C)S(=O)(=O)Cc1cccc2cccnc12. The number of pyridine rings is 1. The van der Waals surface area contributed by atoms with Gasteiger partial charge in [-0.15, -0.1) is 6.42 Å². The lowest BCUT2D eigenvalue weighted by Gasteiger charge is -2.29. The number of nitrogens with zero attached hydrogens (tertiary/aromatic N) is 2. The fourth-order valence-electron chi connectivity index (χ4n) is 2.02. The zero-order valence-corrected chi connectivity index (χ0v) is 13.2. The molecular formula is C16H18N2O2S. The van der Waals surface area contributed by atoms with Crippen molar-refractivity contribution in [1.29, 1.82) is 0 Å². The molecule has 2 aromatic rings. The molecular weight excluding hydrogens is 284 g/mol. The molecule has 1 aromatic carbocycles. The highest BCUT2D eigenvalue weighted by molar-refractivity contribution is 7.88. The Hall–Kier alpha value is -1.90. The predicted molar refractivity (Wildman–Crippen MR) is 85.0 cm³/mol. The maximum atomic E-state index is 12.6. The second kappa shape index (κ2) is 5.47. The van der Waals surface area contributed by atoms with E-state index in [4.69, 9.17) is 6.42 Å². The first-order valence-electron chi connectivity index (χ1n) is 6.55. The van der Waals surface area contributed by atoms with Crippen molar-refractivity contribution in [3.05, 3.63) is 42.1 Å². The lowest BCUT2D eigenvalue weighted by Crippen LogP contribution is -2.44. The van der Waals surface area contributed by atoms with Crippen LogP contribution in [0.5, 0.6) is 0 Å². The standard InChI is InChI=1S/C16H18N2O2S/c1-5-16(2,3)18(4)21(19,20)12-14-9-6-8-13-10-7-11-17-15(13)14/h1,6-11H,12H2,2-4H3. The number of terminal acetylenes is 1. The summed E-state index contributed by atoms with van der Waals surface area (Å²) in [5.74, 6) is 2.38. The van der Waals surface area contributed by atoms with E-state index in [1.54, 1.807) is 26.1 Å². The minimum absolute atomic E-state index is 0.122. The Balaban J connectivity index is 2.43. The van der Waals surface area contributed by atoms with E-state index in [-0.39, 0.29) is 5.75 Å². The van der Waals surface area contributed by atoms with Gasteiger partial charge in [-0.25, -0.2) is 8.42 Å². The third-order valence-corrected chi connectivity index (χ3v) is 5.58. The number of fused-ring (bicyclic) bond motifs is 1. The van der Waals surface area contributed by atoms with Crippen LogP contribution in [-0.2, 0) is 15.8 Å². The molecule has 0 spiro atoms. The van der Waals surface area contributed by atoms with E-state index in [2.05, 4.69) is 10.9 Å². The number of sulfonamides is 1. The molecule has 1 heterocycles. The molecule has 110 valence electrons. The highest BCUT2D eigenvalue weighted by atomic mass is 32.2. The van der Waals surface area contributed by atoms with E-state index in [1.165, 1.54) is 11.4 Å². The highest BCUT2D eigenvalue weighted by Gasteiger charge is 2.31. The Morgan fingerprint density at radius 2 is 1.95 bits per heavy atom. The van der Waals surface area contributed by atoms with Crippen LogP contribution < -0.4 is 0 Å². The van der Waals surface area contributed by atoms with E-state index in [0.717, 1.165) is 5.39 Å². The fraction of sp³-hybridized carbons (Fsp3) is 0.312. The van der Waals surface area contributed by atoms with Crippen LogP contribution in [-0.4, -0.2) is 30.3 Å². The summed E-state index contributed by atoms with van der Waals surface area (Å²) in [4.78, 5) is 4.28. The summed E-state index contributed by atoms with van der Waals surface area (Å²) >= 11 is 0. The molecule has 0 aliphatic carbocycles. The molecule has 0 atom stereocenters. The predicted octanol–water partition coefficient (Wildman–Crippen LogP) is 2.41. The van der Waals surface area contributed by atoms with Gasteiger partial charge in [-0.1, -0.05) is 30.2 Å². The number of para-hydroxylation sites is 1. The van der Waals surface area contributed by atoms with Crippen LogP contribution in [0.2, 0.25) is 0 Å². The van der Waals surface area contributed by atoms with Crippen LogP contribution in [0, 0.1) is 12.3 Å². The van der Waals surface area contributed by atoms with Crippen molar-refractivity contribution in [2.75, 3.05) is 7.05 Å². The second-order valence-electron chi connectivity index (χ2n) is 5.42. The Morgan fingerprint density at radius 1 is 1.29 bits per heavy atom. The first-order chi connectivity index (χ1) is 9.78. The Labute approximate surface area is 125 Å². The topological polar surface area (TPSA) is 50.3 Å². The molecule has 1 aromatic heterocycles. The molecule has 0 bridgehead atoms. The number of aromatic nitrogens is 1. The average Bonchev–Trinajstić information content (AvgIpc) is 2.46. The van der Waals surface area contributed by atoms with Crippen molar-refractivity contribution in [2.24, 2.45) is 0 Å². The fourth-order valence-corrected chi connectivity index (χ4v) is 3.58. The van der Waals surface area contributed by atoms with Gasteiger partial charge in [0.1, 0.15) is 0 Å². The van der Waals surface area contributed by atoms with Crippen molar-refractivity contribution in [3.63, 3.8) is 0 Å². The first kappa shape index (κ1) is 15.5. The normalized spacial score (nSPS) is 12.5. The Morgan fingerprint density at radius 3 is 2.62 bits per heavy atom. The molecule has 0 aliphatic heterocycles. The molecule has 2 rings (SSSR count). The van der Waals surface area contributed by atoms with Crippen molar-refractivity contribution in [3.8, 4) is 12.3 Å². The molecule has 0 saturated heterocycles. The molecule has 0 amide bonds. The van der Waals surface area contributed by atoms with Crippen molar-refractivity contribution in [2.45, 2.75) is 25.1 Å². The average molecular weight is 302 g/mol. The lowest BCUT2D eigenvalue weighted by atomic mass is 10.1. The molecule has 21 heavy (non-hydrogen) atoms. The van der Waals surface area contributed by atoms with Gasteiger partial charge in [-0.05, 0) is 25.5 Å². The van der Waals surface area contributed by atoms with Crippen LogP contribution in [0.3, 0.4) is 0 Å². The minimum atomic E-state index is -3.52. The smallest absolute Gasteiger partial charge is 0.219 e. The highest BCUT2D eigenvalue weighted by Crippen LogP contribution is 2.22. The van der Waals surface area contributed by atoms with Gasteiger partial charge in [0.2, 0.25) is 10.0 Å². The molecule has 0 unspecified atom stereocenters. The van der Waals surface area contributed by atoms with Crippen LogP contribution in [0.1, 0.15) is 19.4 Å². The van der Waals surface area contributed by atoms with Gasteiger partial charge in [-0.3, -0.25) is 4.98 Å². The van der Waals surface area contributed by atoms with Crippen LogP contribution in [0.4, 0.5) is 0 Å². The molecule has 0 fully saturated rings. The summed E-state index contributed by atoms with van der Waals surface area (Å²) < 4.78 is 26.3. The van der Waals surface area contributed by atoms with Crippen molar-refractivity contribution >= 4 is 20.9 Å². The van der Waals surface area contributed by atoms with Gasteiger partial charge in [0.05, 0.1) is 16.8 Å². The Bertz CT molecular complexity index is 799. The molecule has 5 heteroatoms. The van der Waals surface area contributed by atoms with Gasteiger partial charge in [0, 0.05) is 18.6 Å². The summed E-state index contributed by atoms with van der Waals surface area (Å²) in [6, 6.07) is 9.26. The number of hydrogen-bond acceptors (Lipinski definition) is 3. The summed E-state index contributed by atoms with van der Waals surface area (Å²) in [6.07, 6.45) is 7.08. The monoisotopic (exact) mass is 302 g/mol. The third kappa shape index (κ3) is 3.07. The van der Waals surface area contributed by atoms with Gasteiger partial charge < -0.3 is 0 Å². The minimum Gasteiger partial charge on any atom is -0.256 e. The van der Waals surface area contributed by atoms with Gasteiger partial charge in [-0.2, -0.15) is 4.31 Å². The first-order valence-corrected chi connectivity index (χ1v) is 8.16. The van der Waals surface area contributed by atoms with Crippen LogP contribution >= 0.6 is 0 Å². The second-order valence-corrected chi connectivity index (χ2v) is 7.42. The van der Waals surface area contributed by atoms with E-state index in [1.807, 2.05) is 24.3 Å². The summed E-state index contributed by atoms with van der Waals surface area (Å²) in [6.45, 7) is 3.40. The van der Waals surface area contributed by atoms with Crippen LogP contribution in [0.15, 0.2) is 36.5 Å². The summed E-state index contributed by atoms with van der Waals surface area (Å²) in [5.41, 5.74) is 0.514. The van der Waals surface area contributed by atoms with Gasteiger partial charge in [0.25, 0.3) is 0 Å². The van der Waals surface area contributed by atoms with Crippen LogP contribution in [0.25, 0.3) is 10.9 Å². The Kier molecular flexibility index (Phi) is 4.04. The molecule has 4 nitrogen and oxygen atoms in total. The maximum absolute atomic E-state index is 12.6. The lowest BCUT2D eigenvalue weighted by molar-refractivity contribution is 0.340. The quantitative estimate of drug-likeness (QED) is 0.815. The summed E-state index contributed by atoms with van der Waals surface area (Å²) in [5, 5.41) is 0.920. The van der Waals surface area contributed by atoms with E-state index >= 15 is 0 Å². The van der Waals surface area contributed by atoms with Crippen molar-refractivity contribution in [1.82, 2.24) is 9.29 Å². The maximum Gasteiger partial charge on any atom is 0.219 e. The number of rotatable bonds is 4. The number of benzene rings is 1. The van der Waals surface area contributed by atoms with E-state index < -0.39 is 15.6 Å². The molecule has 0 aliphatic rings. The number of hydrogen-bond donors (Lipinski definition) is 0. The van der Waals surface area contributed by atoms with Gasteiger partial charge in [0.15, 0.2) is 0 Å². The van der Waals surface area contributed by atoms with E-state index in [0.29, 0.717) is 11.1 Å². The third-order valence-electron chi connectivity index (χ3n) is 3.61. The summed E-state index contributed by atoms with van der Waals surface area (Å²) in [7, 11) is -2.02. The van der Waals surface area contributed by atoms with Crippen molar-refractivity contribution < 1.29 is 8.42 Å². The zero-order chi connectivity index (χ0) is 15.7. The molecule has 0 N–H and O–H groups in total. The van der Waals surface area contributed by atoms with Gasteiger partial charge >= 0.3 is 0 Å². The van der Waals surface area contributed by atoms with E-state index in [9.17, 15) is 8.42 Å².